The Morgan fingerprint density at radius 3 is 2.46 bits per heavy atom. The highest BCUT2D eigenvalue weighted by molar-refractivity contribution is 5.93. The fourth-order valence-corrected chi connectivity index (χ4v) is 1.81. The number of amides is 3. The van der Waals surface area contributed by atoms with Crippen molar-refractivity contribution in [3.63, 3.8) is 0 Å². The molecule has 6 heteroatoms. The molecule has 122 valence electrons. The molecule has 24 heavy (non-hydrogen) atoms. The van der Waals surface area contributed by atoms with Crippen molar-refractivity contribution >= 4 is 17.6 Å². The zero-order chi connectivity index (χ0) is 17.2. The molecule has 3 N–H and O–H groups in total. The number of ether oxygens (including phenoxy) is 1. The van der Waals surface area contributed by atoms with Crippen molar-refractivity contribution < 1.29 is 14.3 Å². The minimum atomic E-state index is -0.519. The Kier molecular flexibility index (Phi) is 6.24. The minimum absolute atomic E-state index is 0.121. The summed E-state index contributed by atoms with van der Waals surface area (Å²) in [6.07, 6.45) is 5.04. The first-order valence-corrected chi connectivity index (χ1v) is 7.26. The molecule has 2 rings (SSSR count). The van der Waals surface area contributed by atoms with E-state index in [-0.39, 0.29) is 19.0 Å². The fraction of sp³-hybridized carbons (Fsp3) is 0.111. The quantitative estimate of drug-likeness (QED) is 0.714. The molecule has 0 spiro atoms. The molecule has 0 atom stereocenters. The van der Waals surface area contributed by atoms with Crippen molar-refractivity contribution in [2.24, 2.45) is 0 Å². The summed E-state index contributed by atoms with van der Waals surface area (Å²) in [4.78, 5) is 23.3. The summed E-state index contributed by atoms with van der Waals surface area (Å²) < 4.78 is 5.75. The van der Waals surface area contributed by atoms with Crippen LogP contribution in [0.4, 0.5) is 10.5 Å². The molecule has 0 aromatic heterocycles. The van der Waals surface area contributed by atoms with Gasteiger partial charge in [0.2, 0.25) is 5.91 Å². The monoisotopic (exact) mass is 323 g/mol. The maximum atomic E-state index is 11.9. The number of nitrogens with one attached hydrogen (secondary N) is 3. The largest absolute Gasteiger partial charge is 0.455 e. The van der Waals surface area contributed by atoms with E-state index in [1.165, 1.54) is 0 Å². The number of urea groups is 1. The Bertz CT molecular complexity index is 739. The Labute approximate surface area is 140 Å². The van der Waals surface area contributed by atoms with Crippen LogP contribution in [0.15, 0.2) is 54.6 Å². The lowest BCUT2D eigenvalue weighted by atomic mass is 10.3. The number of hydrogen-bond acceptors (Lipinski definition) is 3. The summed E-state index contributed by atoms with van der Waals surface area (Å²) in [7, 11) is 0. The SMILES string of the molecule is C#CCNC(=O)CNC(=O)Nc1ccccc1Oc1ccccc1. The zero-order valence-electron chi connectivity index (χ0n) is 12.9. The highest BCUT2D eigenvalue weighted by Gasteiger charge is 2.09. The van der Waals surface area contributed by atoms with E-state index < -0.39 is 6.03 Å². The third-order valence-corrected chi connectivity index (χ3v) is 2.90. The molecule has 0 saturated heterocycles. The van der Waals surface area contributed by atoms with E-state index in [1.807, 2.05) is 30.3 Å². The number of anilines is 1. The van der Waals surface area contributed by atoms with Gasteiger partial charge in [-0.15, -0.1) is 6.42 Å². The normalized spacial score (nSPS) is 9.46. The molecule has 0 unspecified atom stereocenters. The first-order chi connectivity index (χ1) is 11.7. The molecule has 6 nitrogen and oxygen atoms in total. The molecule has 2 aromatic carbocycles. The topological polar surface area (TPSA) is 79.5 Å². The van der Waals surface area contributed by atoms with Crippen LogP contribution in [0.5, 0.6) is 11.5 Å². The van der Waals surface area contributed by atoms with E-state index in [2.05, 4.69) is 21.9 Å². The standard InChI is InChI=1S/C18H17N3O3/c1-2-12-19-17(22)13-20-18(23)21-15-10-6-7-11-16(15)24-14-8-4-3-5-9-14/h1,3-11H,12-13H2,(H,19,22)(H2,20,21,23). The predicted molar refractivity (Wildman–Crippen MR) is 91.8 cm³/mol. The Balaban J connectivity index is 1.94. The average Bonchev–Trinajstić information content (AvgIpc) is 2.61. The molecule has 0 radical (unpaired) electrons. The van der Waals surface area contributed by atoms with Gasteiger partial charge in [0.1, 0.15) is 5.75 Å². The van der Waals surface area contributed by atoms with Gasteiger partial charge < -0.3 is 20.7 Å². The van der Waals surface area contributed by atoms with Crippen molar-refractivity contribution in [1.82, 2.24) is 10.6 Å². The summed E-state index contributed by atoms with van der Waals surface area (Å²) in [5, 5.41) is 7.54. The zero-order valence-corrected chi connectivity index (χ0v) is 12.9. The number of terminal acetylenes is 1. The van der Waals surface area contributed by atoms with Crippen LogP contribution in [0.1, 0.15) is 0 Å². The van der Waals surface area contributed by atoms with Crippen molar-refractivity contribution in [1.29, 1.82) is 0 Å². The summed E-state index contributed by atoms with van der Waals surface area (Å²) >= 11 is 0. The van der Waals surface area contributed by atoms with Crippen LogP contribution in [-0.2, 0) is 4.79 Å². The third-order valence-electron chi connectivity index (χ3n) is 2.90. The summed E-state index contributed by atoms with van der Waals surface area (Å²) in [6.45, 7) is -0.0505. The van der Waals surface area contributed by atoms with E-state index in [0.29, 0.717) is 17.2 Å². The molecule has 3 amide bonds. The Hall–Kier alpha value is -3.46. The molecule has 2 aromatic rings. The van der Waals surface area contributed by atoms with Gasteiger partial charge in [0.05, 0.1) is 18.8 Å². The van der Waals surface area contributed by atoms with E-state index in [9.17, 15) is 9.59 Å². The number of rotatable bonds is 6. The molecule has 0 aliphatic rings. The number of carbonyl (C=O) groups is 2. The van der Waals surface area contributed by atoms with E-state index >= 15 is 0 Å². The van der Waals surface area contributed by atoms with Crippen LogP contribution in [0.3, 0.4) is 0 Å². The van der Waals surface area contributed by atoms with E-state index in [4.69, 9.17) is 11.2 Å². The van der Waals surface area contributed by atoms with Gasteiger partial charge >= 0.3 is 6.03 Å². The van der Waals surface area contributed by atoms with Crippen molar-refractivity contribution in [3.05, 3.63) is 54.6 Å². The van der Waals surface area contributed by atoms with Crippen molar-refractivity contribution in [2.75, 3.05) is 18.4 Å². The lowest BCUT2D eigenvalue weighted by molar-refractivity contribution is -0.119. The molecule has 0 fully saturated rings. The molecule has 0 heterocycles. The summed E-state index contributed by atoms with van der Waals surface area (Å²) in [5.74, 6) is 3.07. The van der Waals surface area contributed by atoms with Crippen LogP contribution >= 0.6 is 0 Å². The van der Waals surface area contributed by atoms with Crippen LogP contribution in [0.25, 0.3) is 0 Å². The summed E-state index contributed by atoms with van der Waals surface area (Å²) in [6, 6.07) is 15.7. The summed E-state index contributed by atoms with van der Waals surface area (Å²) in [5.41, 5.74) is 0.489. The maximum Gasteiger partial charge on any atom is 0.319 e. The highest BCUT2D eigenvalue weighted by atomic mass is 16.5. The third kappa shape index (κ3) is 5.39. The van der Waals surface area contributed by atoms with Crippen LogP contribution < -0.4 is 20.7 Å². The van der Waals surface area contributed by atoms with Gasteiger partial charge in [-0.25, -0.2) is 4.79 Å². The van der Waals surface area contributed by atoms with Gasteiger partial charge in [-0.1, -0.05) is 36.3 Å². The smallest absolute Gasteiger partial charge is 0.319 e. The first-order valence-electron chi connectivity index (χ1n) is 7.26. The number of hydrogen-bond donors (Lipinski definition) is 3. The van der Waals surface area contributed by atoms with Gasteiger partial charge in [-0.3, -0.25) is 4.79 Å². The van der Waals surface area contributed by atoms with Crippen LogP contribution in [0, 0.1) is 12.3 Å². The lowest BCUT2D eigenvalue weighted by Crippen LogP contribution is -2.39. The van der Waals surface area contributed by atoms with Gasteiger partial charge in [0.15, 0.2) is 5.75 Å². The lowest BCUT2D eigenvalue weighted by Gasteiger charge is -2.12. The fourth-order valence-electron chi connectivity index (χ4n) is 1.81. The molecular weight excluding hydrogens is 306 g/mol. The molecule has 0 aliphatic carbocycles. The molecule has 0 saturated carbocycles. The van der Waals surface area contributed by atoms with E-state index in [0.717, 1.165) is 0 Å². The van der Waals surface area contributed by atoms with Gasteiger partial charge in [-0.2, -0.15) is 0 Å². The van der Waals surface area contributed by atoms with Gasteiger partial charge in [0.25, 0.3) is 0 Å². The van der Waals surface area contributed by atoms with E-state index in [1.54, 1.807) is 24.3 Å². The van der Waals surface area contributed by atoms with Crippen molar-refractivity contribution in [3.8, 4) is 23.8 Å². The maximum absolute atomic E-state index is 11.9. The van der Waals surface area contributed by atoms with Crippen LogP contribution in [-0.4, -0.2) is 25.0 Å². The Morgan fingerprint density at radius 1 is 1.00 bits per heavy atom. The molecule has 0 aliphatic heterocycles. The number of para-hydroxylation sites is 3. The number of benzene rings is 2. The van der Waals surface area contributed by atoms with Crippen molar-refractivity contribution in [2.45, 2.75) is 0 Å². The second-order valence-electron chi connectivity index (χ2n) is 4.70. The van der Waals surface area contributed by atoms with Gasteiger partial charge in [0, 0.05) is 0 Å². The second kappa shape index (κ2) is 8.86. The first kappa shape index (κ1) is 16.9. The minimum Gasteiger partial charge on any atom is -0.455 e. The average molecular weight is 323 g/mol. The number of carbonyl (C=O) groups excluding carboxylic acids is 2. The molecule has 0 bridgehead atoms. The Morgan fingerprint density at radius 2 is 1.71 bits per heavy atom. The predicted octanol–water partition coefficient (Wildman–Crippen LogP) is 2.35. The molecular formula is C18H17N3O3. The van der Waals surface area contributed by atoms with Gasteiger partial charge in [-0.05, 0) is 24.3 Å². The highest BCUT2D eigenvalue weighted by Crippen LogP contribution is 2.28. The van der Waals surface area contributed by atoms with Crippen LogP contribution in [0.2, 0.25) is 0 Å². The second-order valence-corrected chi connectivity index (χ2v) is 4.70.